The average Bonchev–Trinajstić information content (AvgIpc) is 2.81. The van der Waals surface area contributed by atoms with Crippen LogP contribution in [0.2, 0.25) is 0 Å². The molecule has 0 aliphatic rings. The standard InChI is InChI=1S/C13H14N2O3/c1-2-9-4-6-12(18-9)13(17)15-11-5-3-8(16)7-10(11)14/h3-7,16H,2,14H2,1H3,(H,15,17). The van der Waals surface area contributed by atoms with E-state index < -0.39 is 0 Å². The second-order valence-corrected chi connectivity index (χ2v) is 3.85. The van der Waals surface area contributed by atoms with E-state index in [1.807, 2.05) is 6.92 Å². The van der Waals surface area contributed by atoms with Gasteiger partial charge in [-0.25, -0.2) is 0 Å². The van der Waals surface area contributed by atoms with Gasteiger partial charge in [-0.1, -0.05) is 6.92 Å². The highest BCUT2D eigenvalue weighted by molar-refractivity contribution is 6.04. The van der Waals surface area contributed by atoms with Crippen LogP contribution in [0.25, 0.3) is 0 Å². The lowest BCUT2D eigenvalue weighted by molar-refractivity contribution is 0.0995. The van der Waals surface area contributed by atoms with Gasteiger partial charge < -0.3 is 20.6 Å². The lowest BCUT2D eigenvalue weighted by atomic mass is 10.2. The zero-order valence-electron chi connectivity index (χ0n) is 9.93. The van der Waals surface area contributed by atoms with E-state index in [1.165, 1.54) is 18.2 Å². The summed E-state index contributed by atoms with van der Waals surface area (Å²) in [6.45, 7) is 1.94. The van der Waals surface area contributed by atoms with E-state index in [-0.39, 0.29) is 17.4 Å². The summed E-state index contributed by atoms with van der Waals surface area (Å²) in [7, 11) is 0. The first-order valence-corrected chi connectivity index (χ1v) is 5.58. The quantitative estimate of drug-likeness (QED) is 0.573. The van der Waals surface area contributed by atoms with Crippen molar-refractivity contribution in [1.29, 1.82) is 0 Å². The predicted molar refractivity (Wildman–Crippen MR) is 68.6 cm³/mol. The number of benzene rings is 1. The van der Waals surface area contributed by atoms with E-state index in [2.05, 4.69) is 5.32 Å². The maximum Gasteiger partial charge on any atom is 0.291 e. The number of aryl methyl sites for hydroxylation is 1. The summed E-state index contributed by atoms with van der Waals surface area (Å²) >= 11 is 0. The molecule has 5 heteroatoms. The number of aromatic hydroxyl groups is 1. The van der Waals surface area contributed by atoms with Gasteiger partial charge in [-0.05, 0) is 24.3 Å². The molecular weight excluding hydrogens is 232 g/mol. The van der Waals surface area contributed by atoms with Gasteiger partial charge in [0.05, 0.1) is 11.4 Å². The molecule has 0 saturated carbocycles. The van der Waals surface area contributed by atoms with Gasteiger partial charge in [0.15, 0.2) is 5.76 Å². The van der Waals surface area contributed by atoms with Gasteiger partial charge in [-0.3, -0.25) is 4.79 Å². The first-order valence-electron chi connectivity index (χ1n) is 5.58. The van der Waals surface area contributed by atoms with Gasteiger partial charge in [-0.15, -0.1) is 0 Å². The molecular formula is C13H14N2O3. The van der Waals surface area contributed by atoms with Gasteiger partial charge >= 0.3 is 0 Å². The minimum atomic E-state index is -0.368. The number of hydrogen-bond acceptors (Lipinski definition) is 4. The van der Waals surface area contributed by atoms with Crippen molar-refractivity contribution in [2.75, 3.05) is 11.1 Å². The van der Waals surface area contributed by atoms with Crippen LogP contribution in [-0.2, 0) is 6.42 Å². The van der Waals surface area contributed by atoms with Crippen molar-refractivity contribution in [2.24, 2.45) is 0 Å². The predicted octanol–water partition coefficient (Wildman–Crippen LogP) is 2.38. The Morgan fingerprint density at radius 3 is 2.78 bits per heavy atom. The van der Waals surface area contributed by atoms with Crippen LogP contribution >= 0.6 is 0 Å². The highest BCUT2D eigenvalue weighted by atomic mass is 16.3. The highest BCUT2D eigenvalue weighted by Crippen LogP contribution is 2.24. The summed E-state index contributed by atoms with van der Waals surface area (Å²) in [6.07, 6.45) is 0.731. The topological polar surface area (TPSA) is 88.5 Å². The molecule has 1 heterocycles. The summed E-state index contributed by atoms with van der Waals surface area (Å²) in [5.41, 5.74) is 6.41. The molecule has 94 valence electrons. The molecule has 2 rings (SSSR count). The first-order chi connectivity index (χ1) is 8.60. The number of anilines is 2. The molecule has 4 N–H and O–H groups in total. The summed E-state index contributed by atoms with van der Waals surface area (Å²) < 4.78 is 5.33. The van der Waals surface area contributed by atoms with Crippen LogP contribution in [-0.4, -0.2) is 11.0 Å². The molecule has 1 amide bonds. The second kappa shape index (κ2) is 4.83. The molecule has 0 fully saturated rings. The lowest BCUT2D eigenvalue weighted by Crippen LogP contribution is -2.12. The van der Waals surface area contributed by atoms with Crippen molar-refractivity contribution in [3.05, 3.63) is 41.9 Å². The Morgan fingerprint density at radius 1 is 1.39 bits per heavy atom. The largest absolute Gasteiger partial charge is 0.508 e. The monoisotopic (exact) mass is 246 g/mol. The summed E-state index contributed by atoms with van der Waals surface area (Å²) in [5.74, 6) is 0.669. The Bertz CT molecular complexity index is 575. The smallest absolute Gasteiger partial charge is 0.291 e. The third kappa shape index (κ3) is 2.45. The normalized spacial score (nSPS) is 10.3. The van der Waals surface area contributed by atoms with E-state index in [0.29, 0.717) is 11.4 Å². The zero-order chi connectivity index (χ0) is 13.1. The first kappa shape index (κ1) is 12.0. The number of carbonyl (C=O) groups is 1. The highest BCUT2D eigenvalue weighted by Gasteiger charge is 2.12. The average molecular weight is 246 g/mol. The third-order valence-corrected chi connectivity index (χ3v) is 2.52. The summed E-state index contributed by atoms with van der Waals surface area (Å²) in [4.78, 5) is 11.9. The number of amides is 1. The molecule has 0 aliphatic heterocycles. The van der Waals surface area contributed by atoms with Crippen LogP contribution in [0.4, 0.5) is 11.4 Å². The number of phenolic OH excluding ortho intramolecular Hbond substituents is 1. The van der Waals surface area contributed by atoms with Crippen LogP contribution in [0.5, 0.6) is 5.75 Å². The van der Waals surface area contributed by atoms with Gasteiger partial charge in [0.1, 0.15) is 11.5 Å². The molecule has 0 unspecified atom stereocenters. The maximum atomic E-state index is 11.9. The third-order valence-electron chi connectivity index (χ3n) is 2.52. The Hall–Kier alpha value is -2.43. The van der Waals surface area contributed by atoms with Crippen molar-refractivity contribution in [2.45, 2.75) is 13.3 Å². The summed E-state index contributed by atoms with van der Waals surface area (Å²) in [5, 5.41) is 11.8. The molecule has 0 spiro atoms. The fraction of sp³-hybridized carbons (Fsp3) is 0.154. The van der Waals surface area contributed by atoms with Crippen LogP contribution in [0, 0.1) is 0 Å². The van der Waals surface area contributed by atoms with E-state index >= 15 is 0 Å². The fourth-order valence-electron chi connectivity index (χ4n) is 1.54. The molecule has 0 saturated heterocycles. The number of nitrogen functional groups attached to an aromatic ring is 1. The number of phenols is 1. The molecule has 1 aromatic heterocycles. The van der Waals surface area contributed by atoms with E-state index in [4.69, 9.17) is 10.2 Å². The molecule has 0 aliphatic carbocycles. The molecule has 2 aromatic rings. The van der Waals surface area contributed by atoms with Crippen LogP contribution in [0.15, 0.2) is 34.7 Å². The number of nitrogens with one attached hydrogen (secondary N) is 1. The van der Waals surface area contributed by atoms with Gasteiger partial charge in [0, 0.05) is 12.5 Å². The van der Waals surface area contributed by atoms with Crippen molar-refractivity contribution in [1.82, 2.24) is 0 Å². The number of furan rings is 1. The molecule has 0 radical (unpaired) electrons. The minimum Gasteiger partial charge on any atom is -0.508 e. The van der Waals surface area contributed by atoms with Gasteiger partial charge in [0.2, 0.25) is 0 Å². The molecule has 18 heavy (non-hydrogen) atoms. The zero-order valence-corrected chi connectivity index (χ0v) is 9.93. The lowest BCUT2D eigenvalue weighted by Gasteiger charge is -2.06. The van der Waals surface area contributed by atoms with Crippen LogP contribution in [0.1, 0.15) is 23.2 Å². The Morgan fingerprint density at radius 2 is 2.17 bits per heavy atom. The van der Waals surface area contributed by atoms with E-state index in [9.17, 15) is 9.90 Å². The molecule has 1 aromatic carbocycles. The van der Waals surface area contributed by atoms with E-state index in [0.717, 1.165) is 12.2 Å². The van der Waals surface area contributed by atoms with Gasteiger partial charge in [0.25, 0.3) is 5.91 Å². The van der Waals surface area contributed by atoms with Crippen LogP contribution in [0.3, 0.4) is 0 Å². The molecule has 0 atom stereocenters. The Balaban J connectivity index is 2.16. The molecule has 5 nitrogen and oxygen atoms in total. The maximum absolute atomic E-state index is 11.9. The summed E-state index contributed by atoms with van der Waals surface area (Å²) in [6, 6.07) is 7.73. The van der Waals surface area contributed by atoms with E-state index in [1.54, 1.807) is 12.1 Å². The fourth-order valence-corrected chi connectivity index (χ4v) is 1.54. The van der Waals surface area contributed by atoms with Gasteiger partial charge in [-0.2, -0.15) is 0 Å². The van der Waals surface area contributed by atoms with Crippen molar-refractivity contribution in [3.63, 3.8) is 0 Å². The minimum absolute atomic E-state index is 0.0526. The van der Waals surface area contributed by atoms with Crippen molar-refractivity contribution < 1.29 is 14.3 Å². The Kier molecular flexibility index (Phi) is 3.23. The number of rotatable bonds is 3. The van der Waals surface area contributed by atoms with Crippen molar-refractivity contribution >= 4 is 17.3 Å². The second-order valence-electron chi connectivity index (χ2n) is 3.85. The van der Waals surface area contributed by atoms with Crippen molar-refractivity contribution in [3.8, 4) is 5.75 Å². The number of hydrogen-bond donors (Lipinski definition) is 3. The van der Waals surface area contributed by atoms with Crippen LogP contribution < -0.4 is 11.1 Å². The Labute approximate surface area is 104 Å². The molecule has 0 bridgehead atoms. The number of carbonyl (C=O) groups excluding carboxylic acids is 1. The SMILES string of the molecule is CCc1ccc(C(=O)Nc2ccc(O)cc2N)o1. The number of nitrogens with two attached hydrogens (primary N) is 1.